The van der Waals surface area contributed by atoms with Crippen molar-refractivity contribution in [1.29, 1.82) is 0 Å². The van der Waals surface area contributed by atoms with Gasteiger partial charge >= 0.3 is 5.97 Å². The Morgan fingerprint density at radius 1 is 1.28 bits per heavy atom. The van der Waals surface area contributed by atoms with Gasteiger partial charge in [-0.05, 0) is 41.7 Å². The molecule has 0 amide bonds. The summed E-state index contributed by atoms with van der Waals surface area (Å²) in [4.78, 5) is 24.0. The van der Waals surface area contributed by atoms with E-state index >= 15 is 0 Å². The van der Waals surface area contributed by atoms with Crippen LogP contribution in [0.5, 0.6) is 5.75 Å². The molecule has 0 aliphatic carbocycles. The zero-order valence-electron chi connectivity index (χ0n) is 17.0. The summed E-state index contributed by atoms with van der Waals surface area (Å²) in [5, 5.41) is 18.6. The fourth-order valence-electron chi connectivity index (χ4n) is 2.65. The second-order valence-electron chi connectivity index (χ2n) is 7.58. The van der Waals surface area contributed by atoms with E-state index in [1.165, 1.54) is 17.4 Å². The van der Waals surface area contributed by atoms with Gasteiger partial charge in [0.05, 0.1) is 15.7 Å². The summed E-state index contributed by atoms with van der Waals surface area (Å²) in [7, 11) is 0. The van der Waals surface area contributed by atoms with Crippen molar-refractivity contribution < 1.29 is 24.5 Å². The van der Waals surface area contributed by atoms with Crippen molar-refractivity contribution in [2.45, 2.75) is 37.5 Å². The second-order valence-corrected chi connectivity index (χ2v) is 9.70. The molecule has 1 aromatic heterocycles. The van der Waals surface area contributed by atoms with E-state index in [1.54, 1.807) is 36.0 Å². The van der Waals surface area contributed by atoms with E-state index in [-0.39, 0.29) is 12.4 Å². The van der Waals surface area contributed by atoms with Crippen molar-refractivity contribution in [2.75, 3.05) is 12.9 Å². The van der Waals surface area contributed by atoms with Crippen LogP contribution in [0.3, 0.4) is 0 Å². The van der Waals surface area contributed by atoms with Crippen LogP contribution in [0, 0.1) is 5.41 Å². The molecule has 0 fully saturated rings. The van der Waals surface area contributed by atoms with Crippen LogP contribution in [0.4, 0.5) is 0 Å². The molecule has 0 aliphatic rings. The lowest BCUT2D eigenvalue weighted by Crippen LogP contribution is -2.24. The third-order valence-electron chi connectivity index (χ3n) is 4.09. The van der Waals surface area contributed by atoms with Gasteiger partial charge in [0.25, 0.3) is 0 Å². The molecule has 0 saturated carbocycles. The van der Waals surface area contributed by atoms with E-state index in [4.69, 9.17) is 9.84 Å². The lowest BCUT2D eigenvalue weighted by atomic mass is 9.90. The Labute approximate surface area is 179 Å². The number of carboxylic acid groups (broad SMARTS) is 1. The topological polar surface area (TPSA) is 83.8 Å². The van der Waals surface area contributed by atoms with Gasteiger partial charge in [-0.2, -0.15) is 0 Å². The number of rotatable bonds is 9. The van der Waals surface area contributed by atoms with Crippen molar-refractivity contribution in [3.63, 3.8) is 0 Å². The number of aliphatic hydroxyl groups excluding tert-OH is 1. The number of thiophene rings is 1. The predicted octanol–water partition coefficient (Wildman–Crippen LogP) is 4.78. The maximum atomic E-state index is 12.6. The third kappa shape index (κ3) is 6.73. The van der Waals surface area contributed by atoms with Crippen LogP contribution in [-0.2, 0) is 11.2 Å². The van der Waals surface area contributed by atoms with Gasteiger partial charge in [-0.3, -0.25) is 4.79 Å². The number of ketones is 1. The first kappa shape index (κ1) is 23.2. The Balaban J connectivity index is 2.18. The zero-order chi connectivity index (χ0) is 21.6. The zero-order valence-corrected chi connectivity index (χ0v) is 18.6. The number of hydrogen-bond acceptors (Lipinski definition) is 6. The highest BCUT2D eigenvalue weighted by Gasteiger charge is 2.26. The largest absolute Gasteiger partial charge is 0.488 e. The van der Waals surface area contributed by atoms with Gasteiger partial charge in [-0.25, -0.2) is 4.79 Å². The molecule has 0 radical (unpaired) electrons. The van der Waals surface area contributed by atoms with Crippen molar-refractivity contribution >= 4 is 40.9 Å². The molecular formula is C22H26O5S2. The Hall–Kier alpha value is -2.09. The normalized spacial score (nSPS) is 12.9. The minimum absolute atomic E-state index is 0.100. The number of carbonyl (C=O) groups excluding carboxylic acids is 1. The number of thioether (sulfide) groups is 1. The molecule has 2 aromatic rings. The minimum atomic E-state index is -1.02. The van der Waals surface area contributed by atoms with Gasteiger partial charge in [-0.1, -0.05) is 32.9 Å². The molecule has 0 saturated heterocycles. The summed E-state index contributed by atoms with van der Waals surface area (Å²) in [6.07, 6.45) is 4.50. The first-order chi connectivity index (χ1) is 13.6. The van der Waals surface area contributed by atoms with E-state index in [2.05, 4.69) is 0 Å². The number of aliphatic hydroxyl groups is 1. The van der Waals surface area contributed by atoms with Gasteiger partial charge in [0, 0.05) is 17.9 Å². The summed E-state index contributed by atoms with van der Waals surface area (Å²) >= 11 is 3.06. The molecule has 0 aliphatic heterocycles. The van der Waals surface area contributed by atoms with E-state index in [1.807, 2.05) is 33.1 Å². The number of ether oxygens (including phenoxy) is 1. The summed E-state index contributed by atoms with van der Waals surface area (Å²) < 4.78 is 6.97. The highest BCUT2D eigenvalue weighted by Crippen LogP contribution is 2.35. The van der Waals surface area contributed by atoms with Gasteiger partial charge in [0.1, 0.15) is 11.9 Å². The van der Waals surface area contributed by atoms with Crippen LogP contribution in [0.2, 0.25) is 0 Å². The number of carbonyl (C=O) groups is 2. The van der Waals surface area contributed by atoms with Crippen molar-refractivity contribution in [1.82, 2.24) is 0 Å². The third-order valence-corrected chi connectivity index (χ3v) is 6.44. The molecule has 2 rings (SSSR count). The SMILES string of the molecule is CSc1sc(C(=O)C(C)(C)C)cc1CC(CO)Oc1cccc(/C=C/C(=O)O)c1. The van der Waals surface area contributed by atoms with Crippen LogP contribution in [0.25, 0.3) is 6.08 Å². The van der Waals surface area contributed by atoms with E-state index in [9.17, 15) is 14.7 Å². The number of benzene rings is 1. The first-order valence-corrected chi connectivity index (χ1v) is 11.2. The average molecular weight is 435 g/mol. The van der Waals surface area contributed by atoms with Gasteiger partial charge in [-0.15, -0.1) is 23.1 Å². The fraction of sp³-hybridized carbons (Fsp3) is 0.364. The first-order valence-electron chi connectivity index (χ1n) is 9.14. The lowest BCUT2D eigenvalue weighted by Gasteiger charge is -2.17. The Morgan fingerprint density at radius 2 is 2.00 bits per heavy atom. The fourth-order valence-corrected chi connectivity index (χ4v) is 4.73. The van der Waals surface area contributed by atoms with Crippen molar-refractivity contribution in [3.05, 3.63) is 52.4 Å². The van der Waals surface area contributed by atoms with Crippen LogP contribution < -0.4 is 4.74 Å². The van der Waals surface area contributed by atoms with Crippen molar-refractivity contribution in [2.24, 2.45) is 5.41 Å². The maximum Gasteiger partial charge on any atom is 0.328 e. The summed E-state index contributed by atoms with van der Waals surface area (Å²) in [6.45, 7) is 5.53. The maximum absolute atomic E-state index is 12.6. The van der Waals surface area contributed by atoms with Gasteiger partial charge in [0.2, 0.25) is 0 Å². The highest BCUT2D eigenvalue weighted by molar-refractivity contribution is 8.00. The molecule has 1 aromatic carbocycles. The molecule has 29 heavy (non-hydrogen) atoms. The molecule has 1 atom stereocenters. The molecule has 5 nitrogen and oxygen atoms in total. The van der Waals surface area contributed by atoms with Crippen LogP contribution in [-0.4, -0.2) is 40.9 Å². The molecule has 7 heteroatoms. The minimum Gasteiger partial charge on any atom is -0.488 e. The molecule has 156 valence electrons. The lowest BCUT2D eigenvalue weighted by molar-refractivity contribution is -0.131. The summed E-state index contributed by atoms with van der Waals surface area (Å²) in [5.41, 5.74) is 1.23. The highest BCUT2D eigenvalue weighted by atomic mass is 32.2. The summed E-state index contributed by atoms with van der Waals surface area (Å²) in [5.74, 6) is -0.376. The van der Waals surface area contributed by atoms with E-state index in [0.717, 1.165) is 15.8 Å². The van der Waals surface area contributed by atoms with Gasteiger partial charge < -0.3 is 14.9 Å². The number of hydrogen-bond donors (Lipinski definition) is 2. The Morgan fingerprint density at radius 3 is 2.59 bits per heavy atom. The molecule has 0 bridgehead atoms. The van der Waals surface area contributed by atoms with Crippen molar-refractivity contribution in [3.8, 4) is 5.75 Å². The molecule has 0 spiro atoms. The van der Waals surface area contributed by atoms with Crippen LogP contribution in [0.15, 0.2) is 40.6 Å². The number of carboxylic acids is 1. The molecular weight excluding hydrogens is 408 g/mol. The Kier molecular flexibility index (Phi) is 8.07. The molecule has 2 N–H and O–H groups in total. The monoisotopic (exact) mass is 434 g/mol. The molecule has 1 unspecified atom stereocenters. The second kappa shape index (κ2) is 10.1. The average Bonchev–Trinajstić information content (AvgIpc) is 3.07. The number of aliphatic carboxylic acids is 1. The van der Waals surface area contributed by atoms with E-state index in [0.29, 0.717) is 22.6 Å². The molecule has 1 heterocycles. The van der Waals surface area contributed by atoms with Crippen LogP contribution in [0.1, 0.15) is 41.6 Å². The Bertz CT molecular complexity index is 893. The quantitative estimate of drug-likeness (QED) is 0.336. The number of Topliss-reactive ketones (excluding diaryl/α,β-unsaturated/α-hetero) is 1. The summed E-state index contributed by atoms with van der Waals surface area (Å²) in [6, 6.07) is 8.93. The van der Waals surface area contributed by atoms with Crippen LogP contribution >= 0.6 is 23.1 Å². The standard InChI is InChI=1S/C22H26O5S2/c1-22(2,3)20(26)18-12-15(21(28-4)29-18)11-17(13-23)27-16-7-5-6-14(10-16)8-9-19(24)25/h5-10,12,17,23H,11,13H2,1-4H3,(H,24,25)/b9-8+. The van der Waals surface area contributed by atoms with Gasteiger partial charge in [0.15, 0.2) is 5.78 Å². The van der Waals surface area contributed by atoms with E-state index < -0.39 is 17.5 Å². The predicted molar refractivity (Wildman–Crippen MR) is 118 cm³/mol. The smallest absolute Gasteiger partial charge is 0.328 e.